The summed E-state index contributed by atoms with van der Waals surface area (Å²) < 4.78 is 6.81. The Labute approximate surface area is 150 Å². The molecule has 5 nitrogen and oxygen atoms in total. The van der Waals surface area contributed by atoms with Crippen LogP contribution in [0.15, 0.2) is 42.6 Å². The zero-order chi connectivity index (χ0) is 17.2. The lowest BCUT2D eigenvalue weighted by Gasteiger charge is -2.28. The van der Waals surface area contributed by atoms with Crippen LogP contribution >= 0.6 is 11.3 Å². The number of hydrogen-bond acceptors (Lipinski definition) is 6. The average molecular weight is 353 g/mol. The number of hydrogen-bond donors (Lipinski definition) is 0. The molecule has 1 saturated heterocycles. The number of para-hydroxylation sites is 1. The highest BCUT2D eigenvalue weighted by atomic mass is 32.1. The van der Waals surface area contributed by atoms with E-state index in [1.165, 1.54) is 0 Å². The van der Waals surface area contributed by atoms with Crippen LogP contribution in [0.4, 0.5) is 0 Å². The number of fused-ring (bicyclic) bond motifs is 1. The van der Waals surface area contributed by atoms with Crippen LogP contribution in [0.5, 0.6) is 0 Å². The zero-order valence-corrected chi connectivity index (χ0v) is 14.8. The topological polar surface area (TPSA) is 55.3 Å². The third-order valence-electron chi connectivity index (χ3n) is 4.46. The number of thiazole rings is 1. The number of carbonyl (C=O) groups excluding carboxylic acids is 1. The summed E-state index contributed by atoms with van der Waals surface area (Å²) in [6.07, 6.45) is 3.42. The summed E-state index contributed by atoms with van der Waals surface area (Å²) in [6, 6.07) is 11.5. The van der Waals surface area contributed by atoms with Crippen molar-refractivity contribution in [3.05, 3.63) is 48.2 Å². The molecule has 1 aliphatic rings. The highest BCUT2D eigenvalue weighted by Crippen LogP contribution is 2.31. The van der Waals surface area contributed by atoms with Crippen molar-refractivity contribution in [1.29, 1.82) is 0 Å². The number of carbonyl (C=O) groups is 1. The van der Waals surface area contributed by atoms with Crippen LogP contribution in [-0.2, 0) is 4.74 Å². The number of pyridine rings is 1. The fraction of sp³-hybridized carbons (Fsp3) is 0.316. The Hall–Kier alpha value is -2.31. The van der Waals surface area contributed by atoms with Gasteiger partial charge in [0.15, 0.2) is 0 Å². The van der Waals surface area contributed by atoms with Gasteiger partial charge in [0.1, 0.15) is 16.8 Å². The van der Waals surface area contributed by atoms with Gasteiger partial charge in [0.25, 0.3) is 0 Å². The summed E-state index contributed by atoms with van der Waals surface area (Å²) >= 11 is 1.54. The molecule has 128 valence electrons. The van der Waals surface area contributed by atoms with Gasteiger partial charge in [-0.25, -0.2) is 9.78 Å². The Bertz CT molecular complexity index is 867. The SMILES string of the molecule is CN1CCC(OC(=O)c2cccnc2-c2nc3ccccc3s2)CC1. The van der Waals surface area contributed by atoms with E-state index in [1.54, 1.807) is 29.7 Å². The molecule has 0 spiro atoms. The fourth-order valence-electron chi connectivity index (χ4n) is 3.03. The number of benzene rings is 1. The van der Waals surface area contributed by atoms with Crippen LogP contribution < -0.4 is 0 Å². The van der Waals surface area contributed by atoms with E-state index < -0.39 is 0 Å². The number of likely N-dealkylation sites (tertiary alicyclic amines) is 1. The van der Waals surface area contributed by atoms with Gasteiger partial charge in [0.2, 0.25) is 0 Å². The van der Waals surface area contributed by atoms with E-state index in [0.717, 1.165) is 41.2 Å². The number of nitrogens with zero attached hydrogens (tertiary/aromatic N) is 3. The quantitative estimate of drug-likeness (QED) is 0.673. The summed E-state index contributed by atoms with van der Waals surface area (Å²) in [5.41, 5.74) is 2.00. The van der Waals surface area contributed by atoms with Crippen LogP contribution in [0.3, 0.4) is 0 Å². The highest BCUT2D eigenvalue weighted by Gasteiger charge is 2.24. The molecule has 0 bridgehead atoms. The molecule has 0 aliphatic carbocycles. The Morgan fingerprint density at radius 1 is 1.20 bits per heavy atom. The van der Waals surface area contributed by atoms with E-state index in [9.17, 15) is 4.79 Å². The van der Waals surface area contributed by atoms with Gasteiger partial charge in [0.05, 0.1) is 15.8 Å². The molecule has 0 unspecified atom stereocenters. The van der Waals surface area contributed by atoms with Crippen molar-refractivity contribution in [3.8, 4) is 10.7 Å². The molecule has 0 amide bonds. The number of ether oxygens (including phenoxy) is 1. The summed E-state index contributed by atoms with van der Waals surface area (Å²) in [6.45, 7) is 1.91. The van der Waals surface area contributed by atoms with Gasteiger partial charge in [-0.2, -0.15) is 0 Å². The van der Waals surface area contributed by atoms with E-state index in [-0.39, 0.29) is 12.1 Å². The van der Waals surface area contributed by atoms with Gasteiger partial charge in [-0.15, -0.1) is 11.3 Å². The minimum Gasteiger partial charge on any atom is -0.459 e. The van der Waals surface area contributed by atoms with Crippen LogP contribution in [-0.4, -0.2) is 47.1 Å². The van der Waals surface area contributed by atoms with Gasteiger partial charge in [-0.05, 0) is 44.2 Å². The van der Waals surface area contributed by atoms with E-state index in [2.05, 4.69) is 21.9 Å². The number of esters is 1. The van der Waals surface area contributed by atoms with E-state index in [0.29, 0.717) is 11.3 Å². The minimum absolute atomic E-state index is 0.0212. The van der Waals surface area contributed by atoms with Gasteiger partial charge in [-0.1, -0.05) is 12.1 Å². The molecule has 3 aromatic rings. The predicted octanol–water partition coefficient (Wildman–Crippen LogP) is 3.61. The molecule has 6 heteroatoms. The third kappa shape index (κ3) is 3.41. The summed E-state index contributed by atoms with van der Waals surface area (Å²) in [7, 11) is 2.09. The summed E-state index contributed by atoms with van der Waals surface area (Å²) in [5.74, 6) is -0.308. The highest BCUT2D eigenvalue weighted by molar-refractivity contribution is 7.21. The van der Waals surface area contributed by atoms with Crippen molar-refractivity contribution in [1.82, 2.24) is 14.9 Å². The molecule has 0 radical (unpaired) electrons. The second-order valence-electron chi connectivity index (χ2n) is 6.29. The van der Waals surface area contributed by atoms with Gasteiger partial charge in [-0.3, -0.25) is 4.98 Å². The molecule has 0 N–H and O–H groups in total. The van der Waals surface area contributed by atoms with E-state index in [4.69, 9.17) is 4.74 Å². The molecular formula is C19H19N3O2S. The van der Waals surface area contributed by atoms with Crippen LogP contribution in [0, 0.1) is 0 Å². The molecule has 0 atom stereocenters. The molecule has 1 aromatic carbocycles. The van der Waals surface area contributed by atoms with Gasteiger partial charge < -0.3 is 9.64 Å². The number of rotatable bonds is 3. The molecule has 1 aliphatic heterocycles. The maximum atomic E-state index is 12.7. The molecule has 4 rings (SSSR count). The lowest BCUT2D eigenvalue weighted by molar-refractivity contribution is 0.0140. The lowest BCUT2D eigenvalue weighted by atomic mass is 10.1. The Morgan fingerprint density at radius 3 is 2.80 bits per heavy atom. The van der Waals surface area contributed by atoms with Crippen LogP contribution in [0.2, 0.25) is 0 Å². The van der Waals surface area contributed by atoms with E-state index >= 15 is 0 Å². The second-order valence-corrected chi connectivity index (χ2v) is 7.32. The lowest BCUT2D eigenvalue weighted by Crippen LogP contribution is -2.35. The fourth-order valence-corrected chi connectivity index (χ4v) is 4.01. The molecule has 2 aromatic heterocycles. The van der Waals surface area contributed by atoms with Crippen molar-refractivity contribution < 1.29 is 9.53 Å². The smallest absolute Gasteiger partial charge is 0.340 e. The molecule has 1 fully saturated rings. The second kappa shape index (κ2) is 6.90. The first-order valence-electron chi connectivity index (χ1n) is 8.41. The van der Waals surface area contributed by atoms with Crippen molar-refractivity contribution in [3.63, 3.8) is 0 Å². The van der Waals surface area contributed by atoms with Crippen molar-refractivity contribution in [2.24, 2.45) is 0 Å². The standard InChI is InChI=1S/C19H19N3O2S/c1-22-11-8-13(9-12-22)24-19(23)14-5-4-10-20-17(14)18-21-15-6-2-3-7-16(15)25-18/h2-7,10,13H,8-9,11-12H2,1H3. The predicted molar refractivity (Wildman–Crippen MR) is 98.8 cm³/mol. The zero-order valence-electron chi connectivity index (χ0n) is 14.0. The first kappa shape index (κ1) is 16.2. The maximum Gasteiger partial charge on any atom is 0.340 e. The molecule has 3 heterocycles. The van der Waals surface area contributed by atoms with Crippen LogP contribution in [0.25, 0.3) is 20.9 Å². The Balaban J connectivity index is 1.61. The van der Waals surface area contributed by atoms with Crippen molar-refractivity contribution in [2.75, 3.05) is 20.1 Å². The molecule has 25 heavy (non-hydrogen) atoms. The summed E-state index contributed by atoms with van der Waals surface area (Å²) in [4.78, 5) is 24.0. The van der Waals surface area contributed by atoms with Crippen molar-refractivity contribution in [2.45, 2.75) is 18.9 Å². The van der Waals surface area contributed by atoms with E-state index in [1.807, 2.05) is 24.3 Å². The third-order valence-corrected chi connectivity index (χ3v) is 5.51. The summed E-state index contributed by atoms with van der Waals surface area (Å²) in [5, 5.41) is 0.747. The Morgan fingerprint density at radius 2 is 2.00 bits per heavy atom. The van der Waals surface area contributed by atoms with Crippen molar-refractivity contribution >= 4 is 27.5 Å². The maximum absolute atomic E-state index is 12.7. The molecule has 0 saturated carbocycles. The Kier molecular flexibility index (Phi) is 4.46. The number of piperidine rings is 1. The molecular weight excluding hydrogens is 334 g/mol. The van der Waals surface area contributed by atoms with Gasteiger partial charge in [0, 0.05) is 19.3 Å². The normalized spacial score (nSPS) is 16.2. The largest absolute Gasteiger partial charge is 0.459 e. The van der Waals surface area contributed by atoms with Crippen LogP contribution in [0.1, 0.15) is 23.2 Å². The number of aromatic nitrogens is 2. The first-order chi connectivity index (χ1) is 12.2. The first-order valence-corrected chi connectivity index (χ1v) is 9.23. The average Bonchev–Trinajstić information content (AvgIpc) is 3.07. The minimum atomic E-state index is -0.308. The van der Waals surface area contributed by atoms with Gasteiger partial charge >= 0.3 is 5.97 Å². The monoisotopic (exact) mass is 353 g/mol.